The molecular formula is C17H16ClN3O. The van der Waals surface area contributed by atoms with Crippen molar-refractivity contribution in [2.75, 3.05) is 7.11 Å². The molecule has 1 aromatic heterocycles. The van der Waals surface area contributed by atoms with Crippen LogP contribution in [0.1, 0.15) is 11.3 Å². The number of halogens is 1. The third kappa shape index (κ3) is 2.70. The average Bonchev–Trinajstić information content (AvgIpc) is 2.99. The lowest BCUT2D eigenvalue weighted by Crippen LogP contribution is -2.00. The van der Waals surface area contributed by atoms with Gasteiger partial charge in [0.15, 0.2) is 0 Å². The molecule has 4 nitrogen and oxygen atoms in total. The van der Waals surface area contributed by atoms with Crippen molar-refractivity contribution in [2.24, 2.45) is 0 Å². The van der Waals surface area contributed by atoms with Crippen molar-refractivity contribution in [2.45, 2.75) is 12.8 Å². The van der Waals surface area contributed by atoms with Crippen molar-refractivity contribution < 1.29 is 4.74 Å². The zero-order valence-corrected chi connectivity index (χ0v) is 13.2. The van der Waals surface area contributed by atoms with E-state index in [0.717, 1.165) is 28.4 Å². The molecule has 0 aliphatic rings. The Bertz CT molecular complexity index is 764. The number of rotatable bonds is 4. The fourth-order valence-electron chi connectivity index (χ4n) is 2.31. The molecule has 0 saturated carbocycles. The average molecular weight is 314 g/mol. The largest absolute Gasteiger partial charge is 0.497 e. The molecule has 22 heavy (non-hydrogen) atoms. The summed E-state index contributed by atoms with van der Waals surface area (Å²) < 4.78 is 7.00. The Morgan fingerprint density at radius 2 is 1.73 bits per heavy atom. The summed E-state index contributed by atoms with van der Waals surface area (Å²) in [7, 11) is 1.65. The first-order valence-corrected chi connectivity index (χ1v) is 7.48. The molecule has 0 aliphatic carbocycles. The van der Waals surface area contributed by atoms with Crippen LogP contribution in [-0.4, -0.2) is 22.1 Å². The molecule has 0 amide bonds. The maximum atomic E-state index is 6.03. The second kappa shape index (κ2) is 6.20. The minimum atomic E-state index is 0.319. The van der Waals surface area contributed by atoms with Crippen molar-refractivity contribution in [1.29, 1.82) is 0 Å². The Hall–Kier alpha value is -2.33. The standard InChI is InChI=1S/C17H16ClN3O/c1-12-3-5-13(6-4-12)17-16(11-18)19-20-21(17)14-7-9-15(22-2)10-8-14/h3-10H,11H2,1-2H3. The van der Waals surface area contributed by atoms with Gasteiger partial charge in [-0.05, 0) is 31.2 Å². The van der Waals surface area contributed by atoms with Crippen molar-refractivity contribution in [3.8, 4) is 22.7 Å². The molecule has 2 aromatic carbocycles. The maximum Gasteiger partial charge on any atom is 0.119 e. The van der Waals surface area contributed by atoms with E-state index >= 15 is 0 Å². The summed E-state index contributed by atoms with van der Waals surface area (Å²) in [5.41, 5.74) is 4.85. The lowest BCUT2D eigenvalue weighted by Gasteiger charge is -2.09. The molecule has 0 fully saturated rings. The molecule has 112 valence electrons. The van der Waals surface area contributed by atoms with E-state index in [1.807, 2.05) is 28.9 Å². The third-order valence-corrected chi connectivity index (χ3v) is 3.76. The van der Waals surface area contributed by atoms with Crippen molar-refractivity contribution in [3.05, 3.63) is 59.8 Å². The predicted octanol–water partition coefficient (Wildman–Crippen LogP) is 3.99. The van der Waals surface area contributed by atoms with E-state index in [-0.39, 0.29) is 0 Å². The van der Waals surface area contributed by atoms with Gasteiger partial charge in [-0.1, -0.05) is 35.0 Å². The molecule has 3 aromatic rings. The van der Waals surface area contributed by atoms with Crippen LogP contribution >= 0.6 is 11.6 Å². The minimum absolute atomic E-state index is 0.319. The van der Waals surface area contributed by atoms with Gasteiger partial charge >= 0.3 is 0 Å². The summed E-state index contributed by atoms with van der Waals surface area (Å²) in [4.78, 5) is 0. The summed E-state index contributed by atoms with van der Waals surface area (Å²) >= 11 is 6.03. The van der Waals surface area contributed by atoms with Gasteiger partial charge in [0.1, 0.15) is 11.4 Å². The van der Waals surface area contributed by atoms with E-state index in [1.54, 1.807) is 7.11 Å². The molecule has 0 unspecified atom stereocenters. The number of benzene rings is 2. The summed E-state index contributed by atoms with van der Waals surface area (Å²) in [6.07, 6.45) is 0. The second-order valence-corrected chi connectivity index (χ2v) is 5.26. The smallest absolute Gasteiger partial charge is 0.119 e. The SMILES string of the molecule is COc1ccc(-n2nnc(CCl)c2-c2ccc(C)cc2)cc1. The van der Waals surface area contributed by atoms with Gasteiger partial charge < -0.3 is 4.74 Å². The number of ether oxygens (including phenoxy) is 1. The molecule has 5 heteroatoms. The Morgan fingerprint density at radius 1 is 1.05 bits per heavy atom. The van der Waals surface area contributed by atoms with Crippen LogP contribution in [0.3, 0.4) is 0 Å². The topological polar surface area (TPSA) is 39.9 Å². The van der Waals surface area contributed by atoms with Crippen LogP contribution in [0.4, 0.5) is 0 Å². The molecule has 3 rings (SSSR count). The number of nitrogens with zero attached hydrogens (tertiary/aromatic N) is 3. The number of hydrogen-bond acceptors (Lipinski definition) is 3. The van der Waals surface area contributed by atoms with Crippen LogP contribution in [-0.2, 0) is 5.88 Å². The van der Waals surface area contributed by atoms with Crippen LogP contribution in [0, 0.1) is 6.92 Å². The number of alkyl halides is 1. The predicted molar refractivity (Wildman–Crippen MR) is 87.6 cm³/mol. The second-order valence-electron chi connectivity index (χ2n) is 4.99. The highest BCUT2D eigenvalue weighted by Gasteiger charge is 2.15. The van der Waals surface area contributed by atoms with Crippen LogP contribution in [0.5, 0.6) is 5.75 Å². The first kappa shape index (κ1) is 14.6. The van der Waals surface area contributed by atoms with Gasteiger partial charge in [0.05, 0.1) is 24.4 Å². The fourth-order valence-corrected chi connectivity index (χ4v) is 2.49. The van der Waals surface area contributed by atoms with Gasteiger partial charge in [-0.2, -0.15) is 0 Å². The summed E-state index contributed by atoms with van der Waals surface area (Å²) in [6, 6.07) is 15.9. The minimum Gasteiger partial charge on any atom is -0.497 e. The molecule has 0 aliphatic heterocycles. The highest BCUT2D eigenvalue weighted by atomic mass is 35.5. The first-order chi connectivity index (χ1) is 10.7. The Morgan fingerprint density at radius 3 is 2.32 bits per heavy atom. The summed E-state index contributed by atoms with van der Waals surface area (Å²) in [5, 5.41) is 8.46. The highest BCUT2D eigenvalue weighted by molar-refractivity contribution is 6.17. The molecule has 0 N–H and O–H groups in total. The Labute approximate surface area is 134 Å². The first-order valence-electron chi connectivity index (χ1n) is 6.95. The monoisotopic (exact) mass is 313 g/mol. The molecule has 0 saturated heterocycles. The van der Waals surface area contributed by atoms with E-state index in [0.29, 0.717) is 5.88 Å². The van der Waals surface area contributed by atoms with Crippen molar-refractivity contribution >= 4 is 11.6 Å². The van der Waals surface area contributed by atoms with Crippen LogP contribution < -0.4 is 4.74 Å². The fraction of sp³-hybridized carbons (Fsp3) is 0.176. The summed E-state index contributed by atoms with van der Waals surface area (Å²) in [5.74, 6) is 1.12. The van der Waals surface area contributed by atoms with Gasteiger partial charge in [-0.15, -0.1) is 16.7 Å². The molecular weight excluding hydrogens is 298 g/mol. The quantitative estimate of drug-likeness (QED) is 0.684. The lowest BCUT2D eigenvalue weighted by atomic mass is 10.1. The lowest BCUT2D eigenvalue weighted by molar-refractivity contribution is 0.414. The molecule has 0 atom stereocenters. The van der Waals surface area contributed by atoms with Gasteiger partial charge in [0.2, 0.25) is 0 Å². The maximum absolute atomic E-state index is 6.03. The van der Waals surface area contributed by atoms with Gasteiger partial charge in [-0.3, -0.25) is 0 Å². The number of methoxy groups -OCH3 is 1. The van der Waals surface area contributed by atoms with Crippen molar-refractivity contribution in [3.63, 3.8) is 0 Å². The normalized spacial score (nSPS) is 10.7. The van der Waals surface area contributed by atoms with E-state index in [1.165, 1.54) is 5.56 Å². The highest BCUT2D eigenvalue weighted by Crippen LogP contribution is 2.27. The number of hydrogen-bond donors (Lipinski definition) is 0. The van der Waals surface area contributed by atoms with E-state index in [2.05, 4.69) is 41.5 Å². The van der Waals surface area contributed by atoms with Crippen LogP contribution in [0.2, 0.25) is 0 Å². The molecule has 1 heterocycles. The summed E-state index contributed by atoms with van der Waals surface area (Å²) in [6.45, 7) is 2.06. The molecule has 0 bridgehead atoms. The Balaban J connectivity index is 2.11. The van der Waals surface area contributed by atoms with Gasteiger partial charge in [0, 0.05) is 5.56 Å². The van der Waals surface area contributed by atoms with E-state index < -0.39 is 0 Å². The van der Waals surface area contributed by atoms with Crippen LogP contribution in [0.15, 0.2) is 48.5 Å². The van der Waals surface area contributed by atoms with Gasteiger partial charge in [-0.25, -0.2) is 4.68 Å². The Kier molecular flexibility index (Phi) is 4.11. The van der Waals surface area contributed by atoms with E-state index in [9.17, 15) is 0 Å². The molecule has 0 radical (unpaired) electrons. The number of aromatic nitrogens is 3. The molecule has 0 spiro atoms. The van der Waals surface area contributed by atoms with Crippen LogP contribution in [0.25, 0.3) is 16.9 Å². The zero-order chi connectivity index (χ0) is 15.5. The third-order valence-electron chi connectivity index (χ3n) is 3.51. The van der Waals surface area contributed by atoms with Crippen molar-refractivity contribution in [1.82, 2.24) is 15.0 Å². The zero-order valence-electron chi connectivity index (χ0n) is 12.5. The van der Waals surface area contributed by atoms with E-state index in [4.69, 9.17) is 16.3 Å². The van der Waals surface area contributed by atoms with Gasteiger partial charge in [0.25, 0.3) is 0 Å². The number of aryl methyl sites for hydroxylation is 1.